The quantitative estimate of drug-likeness (QED) is 0.533. The number of fused-ring (bicyclic) bond motifs is 1. The molecule has 0 atom stereocenters. The number of nitrogens with one attached hydrogen (secondary N) is 1. The molecule has 1 N–H and O–H groups in total. The maximum absolute atomic E-state index is 12.2. The highest BCUT2D eigenvalue weighted by Crippen LogP contribution is 2.32. The highest BCUT2D eigenvalue weighted by atomic mass is 32.2. The summed E-state index contributed by atoms with van der Waals surface area (Å²) in [5.74, 6) is 2.01. The Kier molecular flexibility index (Phi) is 6.53. The number of carbonyl (C=O) groups is 1. The Labute approximate surface area is 180 Å². The molecule has 0 bridgehead atoms. The van der Waals surface area contributed by atoms with Crippen LogP contribution in [-0.2, 0) is 17.8 Å². The average Bonchev–Trinajstić information content (AvgIpc) is 3.36. The van der Waals surface area contributed by atoms with E-state index in [-0.39, 0.29) is 5.91 Å². The van der Waals surface area contributed by atoms with Crippen molar-refractivity contribution < 1.29 is 9.53 Å². The molecule has 0 spiro atoms. The smallest absolute Gasteiger partial charge is 0.232 e. The maximum atomic E-state index is 12.2. The number of hydrogen-bond donors (Lipinski definition) is 1. The van der Waals surface area contributed by atoms with Gasteiger partial charge in [0, 0.05) is 25.3 Å². The first-order chi connectivity index (χ1) is 14.7. The van der Waals surface area contributed by atoms with Crippen molar-refractivity contribution in [3.63, 3.8) is 0 Å². The van der Waals surface area contributed by atoms with Crippen LogP contribution in [0.25, 0.3) is 0 Å². The summed E-state index contributed by atoms with van der Waals surface area (Å²) in [4.78, 5) is 14.3. The minimum atomic E-state index is 0.00893. The number of rotatable bonds is 9. The van der Waals surface area contributed by atoms with E-state index in [1.807, 2.05) is 49.4 Å². The van der Waals surface area contributed by atoms with Crippen LogP contribution >= 0.6 is 11.8 Å². The molecule has 156 valence electrons. The van der Waals surface area contributed by atoms with Crippen LogP contribution in [0, 0.1) is 0 Å². The molecule has 0 unspecified atom stereocenters. The van der Waals surface area contributed by atoms with Gasteiger partial charge >= 0.3 is 0 Å². The third-order valence-corrected chi connectivity index (χ3v) is 5.82. The fourth-order valence-electron chi connectivity index (χ4n) is 3.39. The van der Waals surface area contributed by atoms with E-state index in [4.69, 9.17) is 4.74 Å². The molecule has 0 radical (unpaired) electrons. The van der Waals surface area contributed by atoms with E-state index in [9.17, 15) is 4.79 Å². The molecule has 2 heterocycles. The van der Waals surface area contributed by atoms with Gasteiger partial charge in [-0.25, -0.2) is 0 Å². The molecule has 2 aromatic carbocycles. The van der Waals surface area contributed by atoms with Crippen molar-refractivity contribution in [2.45, 2.75) is 25.0 Å². The molecule has 0 saturated heterocycles. The second-order valence-electron chi connectivity index (χ2n) is 6.89. The third-order valence-electron chi connectivity index (χ3n) is 4.86. The first-order valence-corrected chi connectivity index (χ1v) is 11.1. The van der Waals surface area contributed by atoms with Gasteiger partial charge in [-0.2, -0.15) is 0 Å². The summed E-state index contributed by atoms with van der Waals surface area (Å²) in [6.45, 7) is 4.88. The zero-order valence-electron chi connectivity index (χ0n) is 17.0. The highest BCUT2D eigenvalue weighted by molar-refractivity contribution is 7.99. The van der Waals surface area contributed by atoms with Gasteiger partial charge < -0.3 is 15.0 Å². The Hall–Kier alpha value is -3.00. The minimum absolute atomic E-state index is 0.00893. The second kappa shape index (κ2) is 9.67. The number of anilines is 2. The molecule has 30 heavy (non-hydrogen) atoms. The lowest BCUT2D eigenvalue weighted by molar-refractivity contribution is -0.118. The van der Waals surface area contributed by atoms with Crippen LogP contribution in [0.4, 0.5) is 11.6 Å². The minimum Gasteiger partial charge on any atom is -0.494 e. The highest BCUT2D eigenvalue weighted by Gasteiger charge is 2.26. The normalized spacial score (nSPS) is 12.6. The summed E-state index contributed by atoms with van der Waals surface area (Å²) in [5, 5.41) is 12.4. The lowest BCUT2D eigenvalue weighted by Gasteiger charge is -2.15. The summed E-state index contributed by atoms with van der Waals surface area (Å²) < 4.78 is 7.58. The van der Waals surface area contributed by atoms with Gasteiger partial charge in [0.25, 0.3) is 0 Å². The van der Waals surface area contributed by atoms with Crippen molar-refractivity contribution >= 4 is 29.3 Å². The lowest BCUT2D eigenvalue weighted by atomic mass is 10.1. The number of nitrogens with zero attached hydrogens (tertiary/aromatic N) is 4. The van der Waals surface area contributed by atoms with Gasteiger partial charge in [0.05, 0.1) is 12.4 Å². The van der Waals surface area contributed by atoms with Gasteiger partial charge in [-0.3, -0.25) is 9.36 Å². The van der Waals surface area contributed by atoms with E-state index in [1.54, 1.807) is 0 Å². The van der Waals surface area contributed by atoms with Gasteiger partial charge in [0.15, 0.2) is 5.16 Å². The monoisotopic (exact) mass is 423 g/mol. The fraction of sp³-hybridized carbons (Fsp3) is 0.318. The zero-order chi connectivity index (χ0) is 20.8. The summed E-state index contributed by atoms with van der Waals surface area (Å²) in [6.07, 6.45) is 0.828. The fourth-order valence-corrected chi connectivity index (χ4v) is 4.18. The molecule has 7 nitrogen and oxygen atoms in total. The molecule has 1 aliphatic heterocycles. The summed E-state index contributed by atoms with van der Waals surface area (Å²) >= 11 is 1.42. The molecule has 8 heteroatoms. The van der Waals surface area contributed by atoms with Gasteiger partial charge in [0.1, 0.15) is 5.75 Å². The van der Waals surface area contributed by atoms with Crippen LogP contribution in [0.2, 0.25) is 0 Å². The first kappa shape index (κ1) is 20.3. The predicted octanol–water partition coefficient (Wildman–Crippen LogP) is 3.28. The van der Waals surface area contributed by atoms with E-state index in [0.717, 1.165) is 42.1 Å². The van der Waals surface area contributed by atoms with Gasteiger partial charge in [0.2, 0.25) is 11.9 Å². The molecule has 4 rings (SSSR count). The van der Waals surface area contributed by atoms with Crippen molar-refractivity contribution in [2.75, 3.05) is 30.3 Å². The Morgan fingerprint density at radius 1 is 1.10 bits per heavy atom. The largest absolute Gasteiger partial charge is 0.494 e. The number of carbonyl (C=O) groups excluding carboxylic acids is 1. The lowest BCUT2D eigenvalue weighted by Crippen LogP contribution is -2.27. The van der Waals surface area contributed by atoms with E-state index in [0.29, 0.717) is 18.9 Å². The van der Waals surface area contributed by atoms with Gasteiger partial charge in [-0.1, -0.05) is 42.1 Å². The van der Waals surface area contributed by atoms with Gasteiger partial charge in [-0.05, 0) is 43.2 Å². The van der Waals surface area contributed by atoms with Crippen molar-refractivity contribution in [3.05, 3.63) is 60.2 Å². The Morgan fingerprint density at radius 2 is 1.90 bits per heavy atom. The van der Waals surface area contributed by atoms with Crippen molar-refractivity contribution in [1.82, 2.24) is 20.1 Å². The molecular formula is C22H25N5O2S. The molecule has 1 amide bonds. The molecule has 1 aromatic heterocycles. The third kappa shape index (κ3) is 4.76. The summed E-state index contributed by atoms with van der Waals surface area (Å²) in [7, 11) is 0. The van der Waals surface area contributed by atoms with E-state index in [1.165, 1.54) is 17.3 Å². The Morgan fingerprint density at radius 3 is 2.67 bits per heavy atom. The zero-order valence-corrected chi connectivity index (χ0v) is 17.8. The summed E-state index contributed by atoms with van der Waals surface area (Å²) in [6, 6.07) is 18.1. The predicted molar refractivity (Wildman–Crippen MR) is 119 cm³/mol. The van der Waals surface area contributed by atoms with Crippen LogP contribution in [0.15, 0.2) is 59.8 Å². The van der Waals surface area contributed by atoms with Crippen LogP contribution < -0.4 is 15.0 Å². The number of hydrogen-bond acceptors (Lipinski definition) is 6. The molecule has 1 aliphatic rings. The molecule has 3 aromatic rings. The number of benzene rings is 2. The van der Waals surface area contributed by atoms with E-state index >= 15 is 0 Å². The maximum Gasteiger partial charge on any atom is 0.232 e. The van der Waals surface area contributed by atoms with Crippen molar-refractivity contribution in [3.8, 4) is 5.75 Å². The number of thioether (sulfide) groups is 1. The molecular weight excluding hydrogens is 398 g/mol. The van der Waals surface area contributed by atoms with Crippen molar-refractivity contribution in [2.24, 2.45) is 0 Å². The Balaban J connectivity index is 1.29. The first-order valence-electron chi connectivity index (χ1n) is 10.1. The van der Waals surface area contributed by atoms with E-state index < -0.39 is 0 Å². The number of amides is 1. The van der Waals surface area contributed by atoms with Crippen LogP contribution in [0.5, 0.6) is 5.75 Å². The average molecular weight is 424 g/mol. The van der Waals surface area contributed by atoms with Crippen LogP contribution in [0.1, 0.15) is 12.5 Å². The Bertz CT molecular complexity index is 975. The molecule has 0 saturated carbocycles. The van der Waals surface area contributed by atoms with Crippen LogP contribution in [0.3, 0.4) is 0 Å². The van der Waals surface area contributed by atoms with Crippen LogP contribution in [-0.4, -0.2) is 46.1 Å². The number of ether oxygens (including phenoxy) is 1. The van der Waals surface area contributed by atoms with Crippen molar-refractivity contribution in [1.29, 1.82) is 0 Å². The SMILES string of the molecule is CCOc1ccc(N2CCn3c(SCC(=O)NCCc4ccccc4)nnc32)cc1. The van der Waals surface area contributed by atoms with Gasteiger partial charge in [-0.15, -0.1) is 10.2 Å². The second-order valence-corrected chi connectivity index (χ2v) is 7.83. The standard InChI is InChI=1S/C22H25N5O2S/c1-2-29-19-10-8-18(9-11-19)26-14-15-27-21(26)24-25-22(27)30-16-20(28)23-13-12-17-6-4-3-5-7-17/h3-11H,2,12-16H2,1H3,(H,23,28). The van der Waals surface area contributed by atoms with E-state index in [2.05, 4.69) is 37.1 Å². The topological polar surface area (TPSA) is 72.3 Å². The molecule has 0 fully saturated rings. The summed E-state index contributed by atoms with van der Waals surface area (Å²) in [5.41, 5.74) is 2.27. The molecule has 0 aliphatic carbocycles. The number of aromatic nitrogens is 3.